The zero-order valence-electron chi connectivity index (χ0n) is 19.7. The molecule has 0 amide bonds. The number of hydrogen-bond donors (Lipinski definition) is 0. The smallest absolute Gasteiger partial charge is 0.213 e. The van der Waals surface area contributed by atoms with Gasteiger partial charge in [-0.3, -0.25) is 0 Å². The van der Waals surface area contributed by atoms with Crippen LogP contribution in [0.4, 0.5) is 0 Å². The zero-order chi connectivity index (χ0) is 22.8. The van der Waals surface area contributed by atoms with E-state index in [1.807, 2.05) is 6.07 Å². The van der Waals surface area contributed by atoms with Gasteiger partial charge in [-0.15, -0.1) is 0 Å². The van der Waals surface area contributed by atoms with E-state index in [1.165, 1.54) is 11.1 Å². The molecule has 0 fully saturated rings. The summed E-state index contributed by atoms with van der Waals surface area (Å²) in [5.74, 6) is 2.37. The van der Waals surface area contributed by atoms with Crippen LogP contribution in [0.15, 0.2) is 77.9 Å². The Bertz CT molecular complexity index is 1120. The number of fused-ring (bicyclic) bond motifs is 3. The van der Waals surface area contributed by atoms with Crippen molar-refractivity contribution in [1.82, 2.24) is 5.01 Å². The van der Waals surface area contributed by atoms with Crippen LogP contribution in [0.5, 0.6) is 11.5 Å². The molecule has 4 heteroatoms. The highest BCUT2D eigenvalue weighted by molar-refractivity contribution is 6.02. The molecular formula is C29H32N2O2. The molecule has 0 N–H and O–H groups in total. The van der Waals surface area contributed by atoms with Gasteiger partial charge < -0.3 is 9.47 Å². The molecule has 3 aromatic carbocycles. The van der Waals surface area contributed by atoms with Gasteiger partial charge in [0.1, 0.15) is 11.5 Å². The first-order chi connectivity index (χ1) is 16.1. The molecule has 0 aliphatic carbocycles. The average molecular weight is 441 g/mol. The topological polar surface area (TPSA) is 34.1 Å². The van der Waals surface area contributed by atoms with Crippen LogP contribution in [0.1, 0.15) is 80.5 Å². The van der Waals surface area contributed by atoms with Crippen molar-refractivity contribution in [2.75, 3.05) is 6.61 Å². The summed E-state index contributed by atoms with van der Waals surface area (Å²) in [6.07, 6.45) is 2.83. The molecule has 0 spiro atoms. The van der Waals surface area contributed by atoms with Gasteiger partial charge in [0.2, 0.25) is 6.23 Å². The number of nitrogens with zero attached hydrogens (tertiary/aromatic N) is 2. The van der Waals surface area contributed by atoms with Gasteiger partial charge in [-0.1, -0.05) is 69.7 Å². The second-order valence-corrected chi connectivity index (χ2v) is 9.20. The molecule has 4 nitrogen and oxygen atoms in total. The van der Waals surface area contributed by atoms with E-state index in [9.17, 15) is 0 Å². The van der Waals surface area contributed by atoms with Crippen molar-refractivity contribution in [3.8, 4) is 11.5 Å². The van der Waals surface area contributed by atoms with E-state index < -0.39 is 0 Å². The Hall–Kier alpha value is -3.27. The van der Waals surface area contributed by atoms with E-state index >= 15 is 0 Å². The minimum Gasteiger partial charge on any atom is -0.494 e. The molecule has 0 aromatic heterocycles. The second kappa shape index (κ2) is 9.30. The van der Waals surface area contributed by atoms with Crippen LogP contribution in [-0.2, 0) is 0 Å². The number of para-hydroxylation sites is 1. The fourth-order valence-electron chi connectivity index (χ4n) is 4.55. The lowest BCUT2D eigenvalue weighted by Gasteiger charge is -2.38. The zero-order valence-corrected chi connectivity index (χ0v) is 19.7. The van der Waals surface area contributed by atoms with Gasteiger partial charge in [0, 0.05) is 17.5 Å². The van der Waals surface area contributed by atoms with Crippen molar-refractivity contribution in [2.24, 2.45) is 5.10 Å². The Morgan fingerprint density at radius 1 is 1.00 bits per heavy atom. The standard InChI is InChI=1S/C29H32N2O2/c1-4-5-18-32-24-16-14-22(15-17-24)26-19-27-25-8-6-7-9-28(25)33-29(31(27)30-26)23-12-10-21(11-13-23)20(2)3/h6-17,20,27,29H,4-5,18-19H2,1-3H3/t27-,29-/m0/s1. The van der Waals surface area contributed by atoms with Crippen LogP contribution in [0.2, 0.25) is 0 Å². The number of hydrazone groups is 1. The van der Waals surface area contributed by atoms with E-state index in [2.05, 4.69) is 92.5 Å². The van der Waals surface area contributed by atoms with E-state index in [0.717, 1.165) is 54.2 Å². The lowest BCUT2D eigenvalue weighted by molar-refractivity contribution is -0.0190. The third-order valence-corrected chi connectivity index (χ3v) is 6.54. The molecule has 0 unspecified atom stereocenters. The summed E-state index contributed by atoms with van der Waals surface area (Å²) in [6.45, 7) is 7.37. The Labute approximate surface area is 196 Å². The molecule has 170 valence electrons. The second-order valence-electron chi connectivity index (χ2n) is 9.20. The fourth-order valence-corrected chi connectivity index (χ4v) is 4.55. The fraction of sp³-hybridized carbons (Fsp3) is 0.345. The van der Waals surface area contributed by atoms with Gasteiger partial charge in [0.25, 0.3) is 0 Å². The van der Waals surface area contributed by atoms with Crippen molar-refractivity contribution in [3.63, 3.8) is 0 Å². The molecule has 0 radical (unpaired) electrons. The van der Waals surface area contributed by atoms with Crippen molar-refractivity contribution < 1.29 is 9.47 Å². The molecule has 5 rings (SSSR count). The third kappa shape index (κ3) is 4.35. The lowest BCUT2D eigenvalue weighted by atomic mass is 9.95. The summed E-state index contributed by atoms with van der Waals surface area (Å²) in [6, 6.07) is 25.6. The van der Waals surface area contributed by atoms with E-state index in [4.69, 9.17) is 14.6 Å². The summed E-state index contributed by atoms with van der Waals surface area (Å²) in [5, 5.41) is 7.23. The SMILES string of the molecule is CCCCOc1ccc(C2=NN3[C@@H](C2)c2ccccc2O[C@H]3c2ccc(C(C)C)cc2)cc1. The summed E-state index contributed by atoms with van der Waals surface area (Å²) in [5.41, 5.74) is 5.88. The van der Waals surface area contributed by atoms with Gasteiger partial charge >= 0.3 is 0 Å². The number of rotatable bonds is 7. The monoisotopic (exact) mass is 440 g/mol. The highest BCUT2D eigenvalue weighted by Gasteiger charge is 2.40. The lowest BCUT2D eigenvalue weighted by Crippen LogP contribution is -2.33. The maximum absolute atomic E-state index is 6.49. The molecule has 0 saturated heterocycles. The van der Waals surface area contributed by atoms with E-state index in [1.54, 1.807) is 0 Å². The van der Waals surface area contributed by atoms with Crippen molar-refractivity contribution in [2.45, 2.75) is 58.2 Å². The predicted octanol–water partition coefficient (Wildman–Crippen LogP) is 7.23. The molecule has 33 heavy (non-hydrogen) atoms. The number of hydrogen-bond acceptors (Lipinski definition) is 4. The molecule has 2 heterocycles. The molecule has 0 saturated carbocycles. The van der Waals surface area contributed by atoms with E-state index in [-0.39, 0.29) is 12.3 Å². The number of benzene rings is 3. The van der Waals surface area contributed by atoms with Crippen LogP contribution < -0.4 is 9.47 Å². The van der Waals surface area contributed by atoms with Crippen LogP contribution in [0.3, 0.4) is 0 Å². The minimum atomic E-state index is -0.236. The first kappa shape index (κ1) is 21.6. The normalized spacial score (nSPS) is 19.0. The Kier molecular flexibility index (Phi) is 6.08. The molecule has 3 aromatic rings. The van der Waals surface area contributed by atoms with Crippen LogP contribution >= 0.6 is 0 Å². The largest absolute Gasteiger partial charge is 0.494 e. The maximum atomic E-state index is 6.49. The maximum Gasteiger partial charge on any atom is 0.213 e. The highest BCUT2D eigenvalue weighted by Crippen LogP contribution is 2.47. The Morgan fingerprint density at radius 3 is 2.48 bits per heavy atom. The molecule has 2 atom stereocenters. The van der Waals surface area contributed by atoms with Gasteiger partial charge in [0.15, 0.2) is 0 Å². The highest BCUT2D eigenvalue weighted by atomic mass is 16.5. The third-order valence-electron chi connectivity index (χ3n) is 6.54. The van der Waals surface area contributed by atoms with Crippen molar-refractivity contribution in [1.29, 1.82) is 0 Å². The first-order valence-electron chi connectivity index (χ1n) is 12.1. The quantitative estimate of drug-likeness (QED) is 0.363. The molecular weight excluding hydrogens is 408 g/mol. The molecule has 0 bridgehead atoms. The Morgan fingerprint density at radius 2 is 1.76 bits per heavy atom. The van der Waals surface area contributed by atoms with Crippen LogP contribution in [-0.4, -0.2) is 17.3 Å². The van der Waals surface area contributed by atoms with Crippen LogP contribution in [0.25, 0.3) is 0 Å². The van der Waals surface area contributed by atoms with Crippen molar-refractivity contribution in [3.05, 3.63) is 95.1 Å². The summed E-state index contributed by atoms with van der Waals surface area (Å²) in [7, 11) is 0. The minimum absolute atomic E-state index is 0.167. The number of unbranched alkanes of at least 4 members (excludes halogenated alkanes) is 1. The first-order valence-corrected chi connectivity index (χ1v) is 12.1. The average Bonchev–Trinajstić information content (AvgIpc) is 3.30. The summed E-state index contributed by atoms with van der Waals surface area (Å²) >= 11 is 0. The van der Waals surface area contributed by atoms with Gasteiger partial charge in [-0.25, -0.2) is 5.01 Å². The van der Waals surface area contributed by atoms with Gasteiger partial charge in [-0.2, -0.15) is 5.10 Å². The van der Waals surface area contributed by atoms with Crippen LogP contribution in [0, 0.1) is 0 Å². The van der Waals surface area contributed by atoms with Crippen molar-refractivity contribution >= 4 is 5.71 Å². The van der Waals surface area contributed by atoms with Gasteiger partial charge in [0.05, 0.1) is 18.4 Å². The number of ether oxygens (including phenoxy) is 2. The van der Waals surface area contributed by atoms with Gasteiger partial charge in [-0.05, 0) is 53.8 Å². The summed E-state index contributed by atoms with van der Waals surface area (Å²) in [4.78, 5) is 0. The van der Waals surface area contributed by atoms with E-state index in [0.29, 0.717) is 5.92 Å². The summed E-state index contributed by atoms with van der Waals surface area (Å²) < 4.78 is 12.3. The molecule has 2 aliphatic rings. The Balaban J connectivity index is 1.44. The molecule has 2 aliphatic heterocycles. The predicted molar refractivity (Wildman–Crippen MR) is 133 cm³/mol.